The molecule has 2 aliphatic heterocycles. The second-order valence-corrected chi connectivity index (χ2v) is 5.62. The van der Waals surface area contributed by atoms with Crippen molar-refractivity contribution in [2.24, 2.45) is 9.98 Å². The fraction of sp³-hybridized carbons (Fsp3) is 0.500. The van der Waals surface area contributed by atoms with Crippen molar-refractivity contribution in [2.75, 3.05) is 26.2 Å². The zero-order chi connectivity index (χ0) is 13.1. The lowest BCUT2D eigenvalue weighted by Gasteiger charge is -2.23. The predicted molar refractivity (Wildman–Crippen MR) is 66.8 cm³/mol. The number of hydrogen-bond acceptors (Lipinski definition) is 10. The van der Waals surface area contributed by atoms with Crippen LogP contribution in [-0.4, -0.2) is 68.6 Å². The topological polar surface area (TPSA) is 106 Å². The first-order valence-corrected chi connectivity index (χ1v) is 7.11. The summed E-state index contributed by atoms with van der Waals surface area (Å²) in [5, 5.41) is 20.9. The number of nitrogens with zero attached hydrogens (tertiary/aromatic N) is 4. The van der Waals surface area contributed by atoms with Gasteiger partial charge in [0.05, 0.1) is 0 Å². The minimum Gasteiger partial charge on any atom is -0.295 e. The summed E-state index contributed by atoms with van der Waals surface area (Å²) in [6, 6.07) is 0. The van der Waals surface area contributed by atoms with Gasteiger partial charge < -0.3 is 0 Å². The zero-order valence-electron chi connectivity index (χ0n) is 9.14. The van der Waals surface area contributed by atoms with Gasteiger partial charge in [0.25, 0.3) is 0 Å². The first kappa shape index (κ1) is 13.3. The van der Waals surface area contributed by atoms with Crippen LogP contribution >= 0.6 is 21.6 Å². The number of hydroxylamine groups is 4. The van der Waals surface area contributed by atoms with Crippen LogP contribution in [0.4, 0.5) is 0 Å². The van der Waals surface area contributed by atoms with Gasteiger partial charge in [-0.05, 0) is 21.6 Å². The molecule has 0 fully saturated rings. The van der Waals surface area contributed by atoms with Gasteiger partial charge in [-0.25, -0.2) is 10.1 Å². The predicted octanol–water partition coefficient (Wildman–Crippen LogP) is -0.372. The van der Waals surface area contributed by atoms with E-state index in [4.69, 9.17) is 0 Å². The summed E-state index contributed by atoms with van der Waals surface area (Å²) in [6.45, 7) is -0.123. The number of ketones is 2. The monoisotopic (exact) mass is 290 g/mol. The van der Waals surface area contributed by atoms with Gasteiger partial charge >= 0.3 is 0 Å². The van der Waals surface area contributed by atoms with E-state index in [1.165, 1.54) is 0 Å². The molecule has 0 aromatic carbocycles. The Morgan fingerprint density at radius 2 is 1.28 bits per heavy atom. The fourth-order valence-electron chi connectivity index (χ4n) is 1.26. The molecule has 0 saturated carbocycles. The molecular formula is C8H10N4O4S2. The first-order chi connectivity index (χ1) is 8.56. The summed E-state index contributed by atoms with van der Waals surface area (Å²) in [7, 11) is 2.13. The molecule has 10 heteroatoms. The maximum Gasteiger partial charge on any atom is 0.195 e. The number of rotatable bonds is 0. The Morgan fingerprint density at radius 3 is 1.61 bits per heavy atom. The Kier molecular flexibility index (Phi) is 4.22. The molecule has 0 bridgehead atoms. The molecular weight excluding hydrogens is 280 g/mol. The third-order valence-corrected chi connectivity index (χ3v) is 4.27. The van der Waals surface area contributed by atoms with Crippen molar-refractivity contribution in [1.82, 2.24) is 10.1 Å². The molecule has 2 N–H and O–H groups in total. The summed E-state index contributed by atoms with van der Waals surface area (Å²) >= 11 is 0. The van der Waals surface area contributed by atoms with Crippen LogP contribution in [0.15, 0.2) is 9.98 Å². The van der Waals surface area contributed by atoms with Gasteiger partial charge in [-0.2, -0.15) is 0 Å². The molecule has 8 nitrogen and oxygen atoms in total. The molecule has 2 aliphatic rings. The molecule has 2 heterocycles. The quantitative estimate of drug-likeness (QED) is 0.582. The van der Waals surface area contributed by atoms with E-state index in [0.717, 1.165) is 31.7 Å². The van der Waals surface area contributed by atoms with Crippen molar-refractivity contribution >= 4 is 43.5 Å². The second-order valence-electron chi connectivity index (χ2n) is 3.56. The van der Waals surface area contributed by atoms with Crippen molar-refractivity contribution in [3.63, 3.8) is 0 Å². The summed E-state index contributed by atoms with van der Waals surface area (Å²) in [4.78, 5) is 29.7. The third-order valence-electron chi connectivity index (χ3n) is 2.07. The first-order valence-electron chi connectivity index (χ1n) is 4.96. The van der Waals surface area contributed by atoms with Crippen LogP contribution in [0.5, 0.6) is 0 Å². The molecule has 0 spiro atoms. The summed E-state index contributed by atoms with van der Waals surface area (Å²) < 4.78 is 0. The highest BCUT2D eigenvalue weighted by atomic mass is 33.1. The van der Waals surface area contributed by atoms with Crippen LogP contribution in [-0.2, 0) is 9.59 Å². The van der Waals surface area contributed by atoms with Crippen molar-refractivity contribution in [1.29, 1.82) is 0 Å². The highest BCUT2D eigenvalue weighted by Crippen LogP contribution is 2.28. The number of carbonyl (C=O) groups excluding carboxylic acids is 2. The molecule has 0 aromatic rings. The van der Waals surface area contributed by atoms with E-state index in [1.54, 1.807) is 0 Å². The van der Waals surface area contributed by atoms with E-state index in [-0.39, 0.29) is 48.1 Å². The smallest absolute Gasteiger partial charge is 0.195 e. The lowest BCUT2D eigenvalue weighted by atomic mass is 10.4. The molecule has 98 valence electrons. The van der Waals surface area contributed by atoms with Crippen molar-refractivity contribution < 1.29 is 20.0 Å². The van der Waals surface area contributed by atoms with Gasteiger partial charge in [0.1, 0.15) is 26.2 Å². The number of carbonyl (C=O) groups is 2. The van der Waals surface area contributed by atoms with Crippen molar-refractivity contribution in [3.8, 4) is 0 Å². The van der Waals surface area contributed by atoms with Crippen LogP contribution < -0.4 is 0 Å². The molecule has 0 aliphatic carbocycles. The second kappa shape index (κ2) is 5.69. The van der Waals surface area contributed by atoms with E-state index in [9.17, 15) is 20.0 Å². The van der Waals surface area contributed by atoms with Gasteiger partial charge in [-0.1, -0.05) is 0 Å². The minimum atomic E-state index is -0.170. The van der Waals surface area contributed by atoms with E-state index < -0.39 is 0 Å². The Labute approximate surface area is 110 Å². The Hall–Kier alpha value is -1.10. The van der Waals surface area contributed by atoms with E-state index in [1.807, 2.05) is 0 Å². The summed E-state index contributed by atoms with van der Waals surface area (Å²) in [6.07, 6.45) is 0. The number of aliphatic imine (C=N–C) groups is 2. The Balaban J connectivity index is 1.92. The molecule has 0 saturated heterocycles. The number of amidine groups is 2. The molecule has 18 heavy (non-hydrogen) atoms. The zero-order valence-corrected chi connectivity index (χ0v) is 10.8. The highest BCUT2D eigenvalue weighted by molar-refractivity contribution is 8.87. The molecule has 0 aromatic heterocycles. The van der Waals surface area contributed by atoms with Crippen LogP contribution in [0.2, 0.25) is 0 Å². The number of Topliss-reactive ketones (excluding diaryl/α,β-unsaturated/α-hetero) is 2. The molecule has 0 radical (unpaired) electrons. The SMILES string of the molecule is O=C1CN=C(SSC2=NCC(=O)CN2O)N(O)C1. The van der Waals surface area contributed by atoms with Gasteiger partial charge in [-0.3, -0.25) is 30.0 Å². The van der Waals surface area contributed by atoms with Gasteiger partial charge in [-0.15, -0.1) is 0 Å². The molecule has 0 unspecified atom stereocenters. The largest absolute Gasteiger partial charge is 0.295 e. The van der Waals surface area contributed by atoms with Crippen LogP contribution in [0.1, 0.15) is 0 Å². The van der Waals surface area contributed by atoms with E-state index >= 15 is 0 Å². The van der Waals surface area contributed by atoms with Crippen molar-refractivity contribution in [2.45, 2.75) is 0 Å². The minimum absolute atomic E-state index is 0.0355. The van der Waals surface area contributed by atoms with E-state index in [2.05, 4.69) is 9.98 Å². The summed E-state index contributed by atoms with van der Waals surface area (Å²) in [5.41, 5.74) is 0. The third kappa shape index (κ3) is 3.22. The van der Waals surface area contributed by atoms with Crippen LogP contribution in [0.3, 0.4) is 0 Å². The highest BCUT2D eigenvalue weighted by Gasteiger charge is 2.24. The molecule has 2 rings (SSSR count). The standard InChI is InChI=1S/C8H10N4O4S2/c13-5-1-9-7(11(15)3-5)17-18-8-10-2-6(14)4-12(8)16/h15-16H,1-4H2. The maximum absolute atomic E-state index is 11.0. The van der Waals surface area contributed by atoms with Crippen LogP contribution in [0.25, 0.3) is 0 Å². The lowest BCUT2D eigenvalue weighted by Crippen LogP contribution is -2.38. The lowest BCUT2D eigenvalue weighted by molar-refractivity contribution is -0.126. The Morgan fingerprint density at radius 1 is 0.889 bits per heavy atom. The molecule has 0 amide bonds. The van der Waals surface area contributed by atoms with Gasteiger partial charge in [0, 0.05) is 0 Å². The average molecular weight is 290 g/mol. The molecule has 0 atom stereocenters. The van der Waals surface area contributed by atoms with Crippen LogP contribution in [0, 0.1) is 0 Å². The fourth-order valence-corrected chi connectivity index (χ4v) is 3.22. The normalized spacial score (nSPS) is 21.0. The summed E-state index contributed by atoms with van der Waals surface area (Å²) in [5.74, 6) is -0.340. The van der Waals surface area contributed by atoms with Gasteiger partial charge in [0.15, 0.2) is 21.9 Å². The van der Waals surface area contributed by atoms with E-state index in [0.29, 0.717) is 0 Å². The number of hydrogen-bond donors (Lipinski definition) is 2. The Bertz CT molecular complexity index is 399. The van der Waals surface area contributed by atoms with Gasteiger partial charge in [0.2, 0.25) is 0 Å². The van der Waals surface area contributed by atoms with Crippen molar-refractivity contribution in [3.05, 3.63) is 0 Å². The average Bonchev–Trinajstić information content (AvgIpc) is 2.30. The maximum atomic E-state index is 11.0.